The normalized spacial score (nSPS) is 23.4. The Morgan fingerprint density at radius 1 is 1.37 bits per heavy atom. The second-order valence-corrected chi connectivity index (χ2v) is 5.88. The molecule has 2 atom stereocenters. The largest absolute Gasteiger partial charge is 0.465 e. The number of carbonyl (C=O) groups excluding carboxylic acids is 2. The summed E-state index contributed by atoms with van der Waals surface area (Å²) in [5, 5.41) is 2.45. The van der Waals surface area contributed by atoms with E-state index in [0.29, 0.717) is 19.6 Å². The van der Waals surface area contributed by atoms with Crippen LogP contribution in [-0.4, -0.2) is 25.2 Å². The molecule has 19 heavy (non-hydrogen) atoms. The summed E-state index contributed by atoms with van der Waals surface area (Å²) in [4.78, 5) is 22.4. The molecule has 0 unspecified atom stereocenters. The van der Waals surface area contributed by atoms with Crippen molar-refractivity contribution >= 4 is 12.0 Å². The van der Waals surface area contributed by atoms with Crippen LogP contribution in [0.25, 0.3) is 0 Å². The van der Waals surface area contributed by atoms with Crippen LogP contribution in [0.2, 0.25) is 0 Å². The summed E-state index contributed by atoms with van der Waals surface area (Å²) in [6, 6.07) is -0.557. The summed E-state index contributed by atoms with van der Waals surface area (Å²) < 4.78 is 5.23. The Kier molecular flexibility index (Phi) is 4.97. The zero-order chi connectivity index (χ0) is 14.6. The Labute approximate surface area is 114 Å². The number of nitrogens with two attached hydrogens (primary N) is 1. The first-order chi connectivity index (χ1) is 8.76. The maximum atomic E-state index is 11.9. The highest BCUT2D eigenvalue weighted by Gasteiger charge is 2.61. The molecule has 0 bridgehead atoms. The van der Waals surface area contributed by atoms with Gasteiger partial charge in [-0.25, -0.2) is 4.79 Å². The first-order valence-corrected chi connectivity index (χ1v) is 6.61. The number of allylic oxidation sites excluding steroid dienone is 2. The fraction of sp³-hybridized carbons (Fsp3) is 0.714. The molecule has 1 rings (SSSR count). The van der Waals surface area contributed by atoms with Crippen molar-refractivity contribution in [2.45, 2.75) is 34.1 Å². The molecule has 0 heterocycles. The van der Waals surface area contributed by atoms with Gasteiger partial charge in [0.1, 0.15) is 0 Å². The van der Waals surface area contributed by atoms with Gasteiger partial charge in [-0.2, -0.15) is 0 Å². The SMILES string of the molecule is CC(C)=C[C@H]1[C@H](C(=O)OCCCNC(N)=O)C1(C)C. The van der Waals surface area contributed by atoms with E-state index >= 15 is 0 Å². The molecule has 2 amide bonds. The van der Waals surface area contributed by atoms with E-state index in [4.69, 9.17) is 10.5 Å². The third-order valence-corrected chi connectivity index (χ3v) is 3.54. The standard InChI is InChI=1S/C14H24N2O3/c1-9(2)8-10-11(14(10,3)4)12(17)19-7-5-6-16-13(15)18/h8,10-11H,5-7H2,1-4H3,(H3,15,16,18)/t10-,11+/m0/s1. The molecule has 0 aromatic heterocycles. The van der Waals surface area contributed by atoms with Crippen LogP contribution < -0.4 is 11.1 Å². The first kappa shape index (κ1) is 15.5. The molecule has 0 aliphatic heterocycles. The summed E-state index contributed by atoms with van der Waals surface area (Å²) in [5.74, 6) is 0.0758. The lowest BCUT2D eigenvalue weighted by Crippen LogP contribution is -2.30. The predicted molar refractivity (Wildman–Crippen MR) is 73.4 cm³/mol. The van der Waals surface area contributed by atoms with Crippen LogP contribution in [0.15, 0.2) is 11.6 Å². The van der Waals surface area contributed by atoms with Gasteiger partial charge < -0.3 is 15.8 Å². The fourth-order valence-electron chi connectivity index (χ4n) is 2.34. The van der Waals surface area contributed by atoms with E-state index in [1.807, 2.05) is 13.8 Å². The molecule has 0 radical (unpaired) electrons. The van der Waals surface area contributed by atoms with Crippen molar-refractivity contribution in [1.82, 2.24) is 5.32 Å². The van der Waals surface area contributed by atoms with Crippen LogP contribution in [0.3, 0.4) is 0 Å². The van der Waals surface area contributed by atoms with Gasteiger partial charge in [0.2, 0.25) is 0 Å². The predicted octanol–water partition coefficient (Wildman–Crippen LogP) is 1.83. The molecular formula is C14H24N2O3. The smallest absolute Gasteiger partial charge is 0.312 e. The number of hydrogen-bond acceptors (Lipinski definition) is 3. The second-order valence-electron chi connectivity index (χ2n) is 5.88. The average Bonchev–Trinajstić information content (AvgIpc) is 2.78. The van der Waals surface area contributed by atoms with Gasteiger partial charge >= 0.3 is 12.0 Å². The van der Waals surface area contributed by atoms with Crippen molar-refractivity contribution in [2.24, 2.45) is 23.0 Å². The first-order valence-electron chi connectivity index (χ1n) is 6.61. The Balaban J connectivity index is 2.31. The number of esters is 1. The van der Waals surface area contributed by atoms with E-state index < -0.39 is 6.03 Å². The molecule has 1 aliphatic carbocycles. The van der Waals surface area contributed by atoms with Crippen LogP contribution in [-0.2, 0) is 9.53 Å². The number of rotatable bonds is 6. The summed E-state index contributed by atoms with van der Waals surface area (Å²) >= 11 is 0. The van der Waals surface area contributed by atoms with Crippen molar-refractivity contribution in [2.75, 3.05) is 13.2 Å². The molecule has 3 N–H and O–H groups in total. The van der Waals surface area contributed by atoms with Gasteiger partial charge in [-0.1, -0.05) is 25.5 Å². The molecule has 5 heteroatoms. The number of primary amides is 1. The minimum Gasteiger partial charge on any atom is -0.465 e. The van der Waals surface area contributed by atoms with Crippen LogP contribution >= 0.6 is 0 Å². The maximum Gasteiger partial charge on any atom is 0.312 e. The number of nitrogens with one attached hydrogen (secondary N) is 1. The zero-order valence-electron chi connectivity index (χ0n) is 12.2. The fourth-order valence-corrected chi connectivity index (χ4v) is 2.34. The highest BCUT2D eigenvalue weighted by Crippen LogP contribution is 2.59. The van der Waals surface area contributed by atoms with Gasteiger partial charge in [0.25, 0.3) is 0 Å². The quantitative estimate of drug-likeness (QED) is 0.438. The Morgan fingerprint density at radius 2 is 2.00 bits per heavy atom. The van der Waals surface area contributed by atoms with Crippen LogP contribution in [0.4, 0.5) is 4.79 Å². The van der Waals surface area contributed by atoms with Crippen LogP contribution in [0, 0.1) is 17.3 Å². The molecule has 1 fully saturated rings. The van der Waals surface area contributed by atoms with E-state index in [0.717, 1.165) is 0 Å². The molecule has 0 aromatic rings. The van der Waals surface area contributed by atoms with Crippen molar-refractivity contribution in [3.63, 3.8) is 0 Å². The summed E-state index contributed by atoms with van der Waals surface area (Å²) in [5.41, 5.74) is 6.14. The number of urea groups is 1. The second kappa shape index (κ2) is 6.08. The summed E-state index contributed by atoms with van der Waals surface area (Å²) in [6.07, 6.45) is 2.72. The zero-order valence-corrected chi connectivity index (χ0v) is 12.2. The Morgan fingerprint density at radius 3 is 2.53 bits per heavy atom. The Bertz CT molecular complexity index is 384. The molecule has 0 aromatic carbocycles. The van der Waals surface area contributed by atoms with Crippen molar-refractivity contribution in [3.8, 4) is 0 Å². The molecule has 1 aliphatic rings. The topological polar surface area (TPSA) is 81.4 Å². The van der Waals surface area contributed by atoms with Gasteiger partial charge in [0.15, 0.2) is 0 Å². The van der Waals surface area contributed by atoms with Crippen molar-refractivity contribution in [3.05, 3.63) is 11.6 Å². The minimum absolute atomic E-state index is 0.0141. The summed E-state index contributed by atoms with van der Waals surface area (Å²) in [6.45, 7) is 8.97. The number of ether oxygens (including phenoxy) is 1. The van der Waals surface area contributed by atoms with Crippen molar-refractivity contribution in [1.29, 1.82) is 0 Å². The van der Waals surface area contributed by atoms with Gasteiger partial charge in [-0.05, 0) is 31.6 Å². The average molecular weight is 268 g/mol. The lowest BCUT2D eigenvalue weighted by molar-refractivity contribution is -0.146. The van der Waals surface area contributed by atoms with Crippen LogP contribution in [0.5, 0.6) is 0 Å². The van der Waals surface area contributed by atoms with Gasteiger partial charge in [-0.15, -0.1) is 0 Å². The maximum absolute atomic E-state index is 11.9. The molecular weight excluding hydrogens is 244 g/mol. The van der Waals surface area contributed by atoms with E-state index in [1.54, 1.807) is 0 Å². The van der Waals surface area contributed by atoms with E-state index in [2.05, 4.69) is 25.2 Å². The number of hydrogen-bond donors (Lipinski definition) is 2. The third-order valence-electron chi connectivity index (χ3n) is 3.54. The van der Waals surface area contributed by atoms with Gasteiger partial charge in [0.05, 0.1) is 12.5 Å². The molecule has 1 saturated carbocycles. The molecule has 0 saturated heterocycles. The van der Waals surface area contributed by atoms with E-state index in [-0.39, 0.29) is 23.2 Å². The third kappa shape index (κ3) is 4.26. The molecule has 0 spiro atoms. The summed E-state index contributed by atoms with van der Waals surface area (Å²) in [7, 11) is 0. The number of amides is 2. The minimum atomic E-state index is -0.557. The van der Waals surface area contributed by atoms with Crippen molar-refractivity contribution < 1.29 is 14.3 Å². The monoisotopic (exact) mass is 268 g/mol. The van der Waals surface area contributed by atoms with Gasteiger partial charge in [-0.3, -0.25) is 4.79 Å². The van der Waals surface area contributed by atoms with Crippen LogP contribution in [0.1, 0.15) is 34.1 Å². The lowest BCUT2D eigenvalue weighted by atomic mass is 10.1. The highest BCUT2D eigenvalue weighted by atomic mass is 16.5. The Hall–Kier alpha value is -1.52. The van der Waals surface area contributed by atoms with E-state index in [1.165, 1.54) is 5.57 Å². The number of carbonyl (C=O) groups is 2. The van der Waals surface area contributed by atoms with Gasteiger partial charge in [0, 0.05) is 6.54 Å². The molecule has 5 nitrogen and oxygen atoms in total. The lowest BCUT2D eigenvalue weighted by Gasteiger charge is -2.05. The highest BCUT2D eigenvalue weighted by molar-refractivity contribution is 5.78. The van der Waals surface area contributed by atoms with E-state index in [9.17, 15) is 9.59 Å². The molecule has 108 valence electrons.